The first-order valence-electron chi connectivity index (χ1n) is 9.03. The lowest BCUT2D eigenvalue weighted by Gasteiger charge is -2.28. The molecule has 0 unspecified atom stereocenters. The number of nitrogens with zero attached hydrogens (tertiary/aromatic N) is 1. The molecular formula is C21H22N2O5. The van der Waals surface area contributed by atoms with Crippen LogP contribution in [0.1, 0.15) is 24.2 Å². The second kappa shape index (κ2) is 8.56. The lowest BCUT2D eigenvalue weighted by atomic mass is 10.2. The van der Waals surface area contributed by atoms with E-state index in [1.54, 1.807) is 48.5 Å². The van der Waals surface area contributed by atoms with Crippen molar-refractivity contribution in [3.05, 3.63) is 54.1 Å². The fraction of sp³-hybridized carbons (Fsp3) is 0.286. The number of rotatable bonds is 6. The van der Waals surface area contributed by atoms with E-state index in [0.717, 1.165) is 0 Å². The number of carbonyl (C=O) groups excluding carboxylic acids is 3. The first-order valence-corrected chi connectivity index (χ1v) is 9.03. The molecule has 0 aliphatic carbocycles. The smallest absolute Gasteiger partial charge is 0.338 e. The maximum absolute atomic E-state index is 12.5. The molecule has 0 fully saturated rings. The molecule has 0 saturated carbocycles. The number of para-hydroxylation sites is 2. The van der Waals surface area contributed by atoms with Gasteiger partial charge >= 0.3 is 5.97 Å². The van der Waals surface area contributed by atoms with Crippen molar-refractivity contribution in [2.24, 2.45) is 5.92 Å². The monoisotopic (exact) mass is 382 g/mol. The molecule has 146 valence electrons. The Balaban J connectivity index is 1.59. The van der Waals surface area contributed by atoms with Gasteiger partial charge in [0.05, 0.1) is 23.5 Å². The van der Waals surface area contributed by atoms with E-state index in [0.29, 0.717) is 35.2 Å². The number of ether oxygens (including phenoxy) is 2. The molecule has 2 aromatic rings. The third kappa shape index (κ3) is 4.68. The molecule has 1 heterocycles. The molecule has 0 atom stereocenters. The van der Waals surface area contributed by atoms with Gasteiger partial charge in [0.2, 0.25) is 5.91 Å². The topological polar surface area (TPSA) is 84.9 Å². The number of fused-ring (bicyclic) bond motifs is 1. The average molecular weight is 382 g/mol. The van der Waals surface area contributed by atoms with Crippen LogP contribution < -0.4 is 15.0 Å². The van der Waals surface area contributed by atoms with Crippen LogP contribution in [0, 0.1) is 5.92 Å². The Morgan fingerprint density at radius 2 is 1.82 bits per heavy atom. The molecule has 0 saturated heterocycles. The largest absolute Gasteiger partial charge is 0.493 e. The average Bonchev–Trinajstić information content (AvgIpc) is 2.69. The first-order chi connectivity index (χ1) is 13.4. The van der Waals surface area contributed by atoms with Crippen LogP contribution in [-0.2, 0) is 14.3 Å². The quantitative estimate of drug-likeness (QED) is 0.777. The van der Waals surface area contributed by atoms with E-state index in [4.69, 9.17) is 9.47 Å². The molecular weight excluding hydrogens is 360 g/mol. The molecule has 1 aliphatic heterocycles. The zero-order valence-electron chi connectivity index (χ0n) is 15.8. The summed E-state index contributed by atoms with van der Waals surface area (Å²) >= 11 is 0. The Labute approximate surface area is 163 Å². The normalized spacial score (nSPS) is 13.0. The summed E-state index contributed by atoms with van der Waals surface area (Å²) in [5, 5.41) is 2.71. The number of amides is 2. The molecule has 1 N–H and O–H groups in total. The van der Waals surface area contributed by atoms with Crippen molar-refractivity contribution in [1.29, 1.82) is 0 Å². The van der Waals surface area contributed by atoms with Gasteiger partial charge in [-0.25, -0.2) is 4.79 Å². The number of hydrogen-bond donors (Lipinski definition) is 1. The van der Waals surface area contributed by atoms with Gasteiger partial charge in [-0.15, -0.1) is 0 Å². The minimum absolute atomic E-state index is 0.116. The molecule has 7 heteroatoms. The van der Waals surface area contributed by atoms with E-state index >= 15 is 0 Å². The molecule has 3 rings (SSSR count). The molecule has 0 bridgehead atoms. The van der Waals surface area contributed by atoms with Crippen molar-refractivity contribution >= 4 is 29.2 Å². The summed E-state index contributed by atoms with van der Waals surface area (Å²) < 4.78 is 10.7. The van der Waals surface area contributed by atoms with E-state index in [9.17, 15) is 14.4 Å². The lowest BCUT2D eigenvalue weighted by Crippen LogP contribution is -2.44. The lowest BCUT2D eigenvalue weighted by molar-refractivity contribution is -0.124. The molecule has 0 aromatic heterocycles. The Morgan fingerprint density at radius 1 is 1.11 bits per heavy atom. The highest BCUT2D eigenvalue weighted by molar-refractivity contribution is 6.10. The summed E-state index contributed by atoms with van der Waals surface area (Å²) in [5.41, 5.74) is 1.45. The van der Waals surface area contributed by atoms with Gasteiger partial charge in [-0.05, 0) is 42.3 Å². The number of esters is 1. The van der Waals surface area contributed by atoms with Crippen LogP contribution in [0.5, 0.6) is 5.75 Å². The highest BCUT2D eigenvalue weighted by atomic mass is 16.5. The molecule has 2 aromatic carbocycles. The number of benzene rings is 2. The predicted octanol–water partition coefficient (Wildman–Crippen LogP) is 2.86. The predicted molar refractivity (Wildman–Crippen MR) is 104 cm³/mol. The summed E-state index contributed by atoms with van der Waals surface area (Å²) in [4.78, 5) is 37.8. The van der Waals surface area contributed by atoms with Crippen LogP contribution >= 0.6 is 0 Å². The minimum Gasteiger partial charge on any atom is -0.493 e. The van der Waals surface area contributed by atoms with Crippen molar-refractivity contribution in [3.63, 3.8) is 0 Å². The van der Waals surface area contributed by atoms with Gasteiger partial charge < -0.3 is 14.8 Å². The highest BCUT2D eigenvalue weighted by Crippen LogP contribution is 2.28. The fourth-order valence-electron chi connectivity index (χ4n) is 2.69. The van der Waals surface area contributed by atoms with Crippen LogP contribution in [0.3, 0.4) is 0 Å². The molecule has 0 radical (unpaired) electrons. The van der Waals surface area contributed by atoms with Crippen LogP contribution in [-0.4, -0.2) is 37.5 Å². The third-order valence-corrected chi connectivity index (χ3v) is 4.07. The maximum Gasteiger partial charge on any atom is 0.338 e. The first kappa shape index (κ1) is 19.4. The minimum atomic E-state index is -0.612. The second-order valence-corrected chi connectivity index (χ2v) is 6.85. The molecule has 0 spiro atoms. The molecule has 7 nitrogen and oxygen atoms in total. The van der Waals surface area contributed by atoms with Crippen molar-refractivity contribution in [2.75, 3.05) is 30.0 Å². The Hall–Kier alpha value is -3.35. The summed E-state index contributed by atoms with van der Waals surface area (Å²) in [5.74, 6) is -0.309. The van der Waals surface area contributed by atoms with Crippen LogP contribution in [0.15, 0.2) is 48.5 Å². The van der Waals surface area contributed by atoms with Crippen LogP contribution in [0.2, 0.25) is 0 Å². The number of anilines is 2. The molecule has 28 heavy (non-hydrogen) atoms. The third-order valence-electron chi connectivity index (χ3n) is 4.07. The Kier molecular flexibility index (Phi) is 5.93. The van der Waals surface area contributed by atoms with E-state index in [-0.39, 0.29) is 12.5 Å². The van der Waals surface area contributed by atoms with Gasteiger partial charge in [-0.3, -0.25) is 14.5 Å². The Bertz CT molecular complexity index is 877. The summed E-state index contributed by atoms with van der Waals surface area (Å²) in [7, 11) is 0. The van der Waals surface area contributed by atoms with Crippen LogP contribution in [0.25, 0.3) is 0 Å². The van der Waals surface area contributed by atoms with E-state index in [1.807, 2.05) is 13.8 Å². The van der Waals surface area contributed by atoms with Gasteiger partial charge in [0.15, 0.2) is 6.61 Å². The number of nitrogens with one attached hydrogen (secondary N) is 1. The highest BCUT2D eigenvalue weighted by Gasteiger charge is 2.27. The van der Waals surface area contributed by atoms with Gasteiger partial charge in [-0.2, -0.15) is 0 Å². The van der Waals surface area contributed by atoms with Crippen molar-refractivity contribution in [2.45, 2.75) is 13.8 Å². The number of hydrogen-bond acceptors (Lipinski definition) is 5. The maximum atomic E-state index is 12.5. The van der Waals surface area contributed by atoms with Gasteiger partial charge in [0, 0.05) is 0 Å². The van der Waals surface area contributed by atoms with Crippen molar-refractivity contribution in [3.8, 4) is 5.75 Å². The van der Waals surface area contributed by atoms with Crippen molar-refractivity contribution < 1.29 is 23.9 Å². The fourth-order valence-corrected chi connectivity index (χ4v) is 2.69. The van der Waals surface area contributed by atoms with E-state index in [1.165, 1.54) is 4.90 Å². The standard InChI is InChI=1S/C21H22N2O5/c1-14(2)12-27-16-9-7-15(8-10-16)21(26)28-13-20(25)23-11-19(24)22-17-5-3-4-6-18(17)23/h3-10,14H,11-13H2,1-2H3,(H,22,24). The van der Waals surface area contributed by atoms with Gasteiger partial charge in [-0.1, -0.05) is 26.0 Å². The van der Waals surface area contributed by atoms with Gasteiger partial charge in [0.1, 0.15) is 12.3 Å². The molecule has 2 amide bonds. The second-order valence-electron chi connectivity index (χ2n) is 6.85. The van der Waals surface area contributed by atoms with E-state index in [2.05, 4.69) is 5.32 Å². The van der Waals surface area contributed by atoms with Crippen LogP contribution in [0.4, 0.5) is 11.4 Å². The summed E-state index contributed by atoms with van der Waals surface area (Å²) in [6, 6.07) is 13.5. The summed E-state index contributed by atoms with van der Waals surface area (Å²) in [6.45, 7) is 4.12. The summed E-state index contributed by atoms with van der Waals surface area (Å²) in [6.07, 6.45) is 0. The zero-order valence-corrected chi connectivity index (χ0v) is 15.8. The zero-order chi connectivity index (χ0) is 20.1. The molecule has 1 aliphatic rings. The Morgan fingerprint density at radius 3 is 2.54 bits per heavy atom. The van der Waals surface area contributed by atoms with Crippen molar-refractivity contribution in [1.82, 2.24) is 0 Å². The van der Waals surface area contributed by atoms with Gasteiger partial charge in [0.25, 0.3) is 5.91 Å². The van der Waals surface area contributed by atoms with E-state index < -0.39 is 18.5 Å². The number of carbonyl (C=O) groups is 3. The SMILES string of the molecule is CC(C)COc1ccc(C(=O)OCC(=O)N2CC(=O)Nc3ccccc32)cc1.